The maximum atomic E-state index is 12.1. The van der Waals surface area contributed by atoms with Crippen LogP contribution in [-0.2, 0) is 9.05 Å². The van der Waals surface area contributed by atoms with E-state index < -0.39 is 9.05 Å². The quantitative estimate of drug-likeness (QED) is 0.741. The summed E-state index contributed by atoms with van der Waals surface area (Å²) in [7, 11) is 2.98. The van der Waals surface area contributed by atoms with Crippen LogP contribution in [0, 0.1) is 0 Å². The van der Waals surface area contributed by atoms with Crippen LogP contribution in [0.1, 0.15) is 23.7 Å². The van der Waals surface area contributed by atoms with Crippen LogP contribution in [0.15, 0.2) is 21.5 Å². The van der Waals surface area contributed by atoms with Crippen molar-refractivity contribution < 1.29 is 13.2 Å². The predicted octanol–water partition coefficient (Wildman–Crippen LogP) is 3.51. The van der Waals surface area contributed by atoms with Crippen molar-refractivity contribution in [2.24, 2.45) is 0 Å². The molecule has 0 heterocycles. The molecule has 19 heavy (non-hydrogen) atoms. The van der Waals surface area contributed by atoms with Gasteiger partial charge < -0.3 is 4.90 Å². The van der Waals surface area contributed by atoms with Crippen molar-refractivity contribution in [3.8, 4) is 0 Å². The van der Waals surface area contributed by atoms with E-state index in [0.29, 0.717) is 6.54 Å². The number of carbonyl (C=O) groups is 1. The number of benzene rings is 1. The van der Waals surface area contributed by atoms with Gasteiger partial charge in [0.15, 0.2) is 0 Å². The Morgan fingerprint density at radius 2 is 2.00 bits per heavy atom. The van der Waals surface area contributed by atoms with Crippen LogP contribution < -0.4 is 0 Å². The van der Waals surface area contributed by atoms with Crippen LogP contribution in [0.25, 0.3) is 0 Å². The van der Waals surface area contributed by atoms with Gasteiger partial charge in [-0.15, -0.1) is 0 Å². The van der Waals surface area contributed by atoms with Crippen molar-refractivity contribution in [3.05, 3.63) is 27.2 Å². The van der Waals surface area contributed by atoms with Crippen molar-refractivity contribution in [2.75, 3.05) is 13.6 Å². The molecule has 106 valence electrons. The molecule has 0 radical (unpaired) electrons. The first-order chi connectivity index (χ1) is 8.68. The maximum Gasteiger partial charge on any atom is 0.262 e. The molecule has 1 aromatic carbocycles. The smallest absolute Gasteiger partial charge is 0.262 e. The number of nitrogens with zero attached hydrogens (tertiary/aromatic N) is 1. The second-order valence-corrected chi connectivity index (χ2v) is 7.72. The molecular formula is C11H12BrCl2NO3S. The predicted molar refractivity (Wildman–Crippen MR) is 79.4 cm³/mol. The van der Waals surface area contributed by atoms with Gasteiger partial charge in [0.1, 0.15) is 0 Å². The van der Waals surface area contributed by atoms with Gasteiger partial charge in [0, 0.05) is 28.7 Å². The SMILES string of the molecule is CCCN(C)C(=O)c1cc(S(=O)(=O)Cl)c(Br)cc1Cl. The summed E-state index contributed by atoms with van der Waals surface area (Å²) in [5, 5.41) is 0.170. The fraction of sp³-hybridized carbons (Fsp3) is 0.364. The lowest BCUT2D eigenvalue weighted by Gasteiger charge is -2.17. The largest absolute Gasteiger partial charge is 0.342 e. The van der Waals surface area contributed by atoms with Crippen molar-refractivity contribution in [1.29, 1.82) is 0 Å². The highest BCUT2D eigenvalue weighted by atomic mass is 79.9. The summed E-state index contributed by atoms with van der Waals surface area (Å²) in [6, 6.07) is 2.53. The Hall–Kier alpha value is -0.300. The monoisotopic (exact) mass is 387 g/mol. The Balaban J connectivity index is 3.34. The van der Waals surface area contributed by atoms with Crippen LogP contribution in [0.2, 0.25) is 5.02 Å². The van der Waals surface area contributed by atoms with E-state index in [0.717, 1.165) is 6.42 Å². The maximum absolute atomic E-state index is 12.1. The fourth-order valence-electron chi connectivity index (χ4n) is 1.52. The summed E-state index contributed by atoms with van der Waals surface area (Å²) in [4.78, 5) is 13.4. The Kier molecular flexibility index (Phi) is 5.67. The van der Waals surface area contributed by atoms with Crippen LogP contribution in [0.4, 0.5) is 0 Å². The minimum absolute atomic E-state index is 0.111. The van der Waals surface area contributed by atoms with Gasteiger partial charge in [-0.2, -0.15) is 0 Å². The van der Waals surface area contributed by atoms with Gasteiger partial charge in [-0.1, -0.05) is 18.5 Å². The molecule has 0 aromatic heterocycles. The zero-order chi connectivity index (χ0) is 14.8. The molecule has 1 rings (SSSR count). The molecule has 0 unspecified atom stereocenters. The van der Waals surface area contributed by atoms with Gasteiger partial charge in [0.2, 0.25) is 0 Å². The minimum Gasteiger partial charge on any atom is -0.342 e. The van der Waals surface area contributed by atoms with Crippen molar-refractivity contribution in [3.63, 3.8) is 0 Å². The van der Waals surface area contributed by atoms with Gasteiger partial charge in [0.05, 0.1) is 15.5 Å². The second kappa shape index (κ2) is 6.43. The number of carbonyl (C=O) groups excluding carboxylic acids is 1. The standard InChI is InChI=1S/C11H12BrCl2NO3S/c1-3-4-15(2)11(16)7-5-10(19(14,17)18)8(12)6-9(7)13/h5-6H,3-4H2,1-2H3. The number of hydrogen-bond acceptors (Lipinski definition) is 3. The highest BCUT2D eigenvalue weighted by Gasteiger charge is 2.22. The zero-order valence-corrected chi connectivity index (χ0v) is 14.2. The van der Waals surface area contributed by atoms with Gasteiger partial charge in [-0.05, 0) is 34.5 Å². The molecule has 0 bridgehead atoms. The van der Waals surface area contributed by atoms with E-state index in [1.165, 1.54) is 17.0 Å². The van der Waals surface area contributed by atoms with Crippen molar-refractivity contribution in [2.45, 2.75) is 18.2 Å². The third-order valence-electron chi connectivity index (χ3n) is 2.42. The van der Waals surface area contributed by atoms with Crippen molar-refractivity contribution in [1.82, 2.24) is 4.90 Å². The van der Waals surface area contributed by atoms with E-state index in [9.17, 15) is 13.2 Å². The molecule has 0 aliphatic rings. The second-order valence-electron chi connectivity index (χ2n) is 3.93. The average Bonchev–Trinajstić information content (AvgIpc) is 2.26. The summed E-state index contributed by atoms with van der Waals surface area (Å²) in [6.07, 6.45) is 0.789. The first-order valence-electron chi connectivity index (χ1n) is 5.37. The van der Waals surface area contributed by atoms with E-state index in [1.807, 2.05) is 6.92 Å². The third-order valence-corrected chi connectivity index (χ3v) is 5.01. The molecule has 0 aliphatic carbocycles. The molecule has 0 atom stereocenters. The van der Waals surface area contributed by atoms with Crippen LogP contribution in [-0.4, -0.2) is 32.8 Å². The van der Waals surface area contributed by atoms with Gasteiger partial charge in [0.25, 0.3) is 15.0 Å². The van der Waals surface area contributed by atoms with Crippen molar-refractivity contribution >= 4 is 53.2 Å². The molecule has 0 saturated heterocycles. The summed E-state index contributed by atoms with van der Waals surface area (Å²) in [6.45, 7) is 2.48. The van der Waals surface area contributed by atoms with Gasteiger partial charge >= 0.3 is 0 Å². The topological polar surface area (TPSA) is 54.5 Å². The zero-order valence-electron chi connectivity index (χ0n) is 10.3. The lowest BCUT2D eigenvalue weighted by atomic mass is 10.2. The fourth-order valence-corrected chi connectivity index (χ4v) is 4.09. The van der Waals surface area contributed by atoms with Gasteiger partial charge in [-0.25, -0.2) is 8.42 Å². The molecule has 0 fully saturated rings. The first kappa shape index (κ1) is 16.8. The van der Waals surface area contributed by atoms with E-state index in [1.54, 1.807) is 7.05 Å². The molecule has 1 amide bonds. The van der Waals surface area contributed by atoms with E-state index in [2.05, 4.69) is 15.9 Å². The van der Waals surface area contributed by atoms with E-state index >= 15 is 0 Å². The molecule has 4 nitrogen and oxygen atoms in total. The summed E-state index contributed by atoms with van der Waals surface area (Å²) >= 11 is 9.04. The molecule has 8 heteroatoms. The van der Waals surface area contributed by atoms with E-state index in [-0.39, 0.29) is 25.9 Å². The van der Waals surface area contributed by atoms with Gasteiger partial charge in [-0.3, -0.25) is 4.79 Å². The normalized spacial score (nSPS) is 11.4. The number of hydrogen-bond donors (Lipinski definition) is 0. The third kappa shape index (κ3) is 4.08. The van der Waals surface area contributed by atoms with Crippen LogP contribution in [0.5, 0.6) is 0 Å². The van der Waals surface area contributed by atoms with Crippen LogP contribution >= 0.6 is 38.2 Å². The highest BCUT2D eigenvalue weighted by Crippen LogP contribution is 2.31. The molecule has 0 spiro atoms. The Bertz CT molecular complexity index is 604. The summed E-state index contributed by atoms with van der Waals surface area (Å²) in [5.74, 6) is -0.346. The summed E-state index contributed by atoms with van der Waals surface area (Å²) < 4.78 is 23.0. The molecule has 1 aromatic rings. The minimum atomic E-state index is -3.95. The average molecular weight is 389 g/mol. The first-order valence-corrected chi connectivity index (χ1v) is 8.85. The molecule has 0 aliphatic heterocycles. The molecular weight excluding hydrogens is 377 g/mol. The number of amides is 1. The number of halogens is 3. The molecule has 0 saturated carbocycles. The molecule has 0 N–H and O–H groups in total. The van der Waals surface area contributed by atoms with Crippen LogP contribution in [0.3, 0.4) is 0 Å². The Labute approximate surface area is 130 Å². The summed E-state index contributed by atoms with van der Waals surface area (Å²) in [5.41, 5.74) is 0.111. The Morgan fingerprint density at radius 1 is 1.42 bits per heavy atom. The number of rotatable bonds is 4. The lowest BCUT2D eigenvalue weighted by Crippen LogP contribution is -2.27. The lowest BCUT2D eigenvalue weighted by molar-refractivity contribution is 0.0795. The Morgan fingerprint density at radius 3 is 2.47 bits per heavy atom. The van der Waals surface area contributed by atoms with E-state index in [4.69, 9.17) is 22.3 Å². The highest BCUT2D eigenvalue weighted by molar-refractivity contribution is 9.10.